The van der Waals surface area contributed by atoms with Crippen LogP contribution >= 0.6 is 0 Å². The van der Waals surface area contributed by atoms with Gasteiger partial charge in [0, 0.05) is 23.4 Å². The second-order valence-corrected chi connectivity index (χ2v) is 15.6. The Morgan fingerprint density at radius 3 is 1.40 bits per heavy atom. The summed E-state index contributed by atoms with van der Waals surface area (Å²) in [4.78, 5) is 13.5. The Bertz CT molecular complexity index is 1410. The van der Waals surface area contributed by atoms with Crippen LogP contribution in [0.15, 0.2) is 132 Å². The van der Waals surface area contributed by atoms with E-state index in [1.807, 2.05) is 84.9 Å². The zero-order valence-electron chi connectivity index (χ0n) is 23.8. The van der Waals surface area contributed by atoms with Gasteiger partial charge in [-0.05, 0) is 29.8 Å². The Morgan fingerprint density at radius 2 is 0.950 bits per heavy atom. The van der Waals surface area contributed by atoms with E-state index >= 15 is 0 Å². The number of nitrogens with zero attached hydrogens (tertiary/aromatic N) is 4. The largest absolute Gasteiger partial charge is 0.299 e. The van der Waals surface area contributed by atoms with Crippen LogP contribution in [0.25, 0.3) is 0 Å². The van der Waals surface area contributed by atoms with Gasteiger partial charge in [0.05, 0.1) is 17.8 Å². The molecule has 0 saturated heterocycles. The van der Waals surface area contributed by atoms with E-state index in [4.69, 9.17) is 10.2 Å². The van der Waals surface area contributed by atoms with Gasteiger partial charge in [0.25, 0.3) is 0 Å². The molecule has 0 fully saturated rings. The van der Waals surface area contributed by atoms with Gasteiger partial charge in [-0.25, -0.2) is 0 Å². The van der Waals surface area contributed by atoms with Gasteiger partial charge >= 0.3 is 0 Å². The minimum absolute atomic E-state index is 0.0587. The molecule has 0 N–H and O–H groups in total. The van der Waals surface area contributed by atoms with Gasteiger partial charge in [-0.3, -0.25) is 14.1 Å². The van der Waals surface area contributed by atoms with Crippen molar-refractivity contribution in [2.45, 2.75) is 39.0 Å². The Balaban J connectivity index is 1.80. The molecule has 0 aliphatic carbocycles. The van der Waals surface area contributed by atoms with Crippen LogP contribution in [0.2, 0.25) is 26.2 Å². The van der Waals surface area contributed by atoms with Crippen LogP contribution in [0.1, 0.15) is 28.8 Å². The first-order valence-electron chi connectivity index (χ1n) is 13.9. The summed E-state index contributed by atoms with van der Waals surface area (Å²) in [5.74, 6) is 0.0587. The highest BCUT2D eigenvalue weighted by molar-refractivity contribution is 6.60. The van der Waals surface area contributed by atoms with Gasteiger partial charge < -0.3 is 0 Å². The number of hydrazone groups is 2. The SMILES string of the molecule is C[SiH](C)N(N=C(CC(=O)c1ccccc1)CC(=NN(c1ccccc1)[SiH](C)C)c1ccccc1)c1ccccc1. The maximum absolute atomic E-state index is 13.5. The molecule has 0 amide bonds. The van der Waals surface area contributed by atoms with Crippen molar-refractivity contribution >= 4 is 46.5 Å². The molecule has 4 rings (SSSR count). The molecule has 0 aromatic heterocycles. The number of para-hydroxylation sites is 2. The van der Waals surface area contributed by atoms with Crippen LogP contribution in [0.5, 0.6) is 0 Å². The average Bonchev–Trinajstić information content (AvgIpc) is 2.99. The van der Waals surface area contributed by atoms with Crippen molar-refractivity contribution in [3.63, 3.8) is 0 Å². The summed E-state index contributed by atoms with van der Waals surface area (Å²) in [7, 11) is -2.78. The third kappa shape index (κ3) is 7.97. The summed E-state index contributed by atoms with van der Waals surface area (Å²) in [6.07, 6.45) is 0.697. The number of anilines is 2. The van der Waals surface area contributed by atoms with Gasteiger partial charge in [-0.15, -0.1) is 0 Å². The number of rotatable bonds is 12. The van der Waals surface area contributed by atoms with Crippen LogP contribution in [0, 0.1) is 0 Å². The smallest absolute Gasteiger partial charge is 0.168 e. The molecule has 0 bridgehead atoms. The fourth-order valence-corrected chi connectivity index (χ4v) is 6.75. The third-order valence-electron chi connectivity index (χ3n) is 6.44. The zero-order valence-corrected chi connectivity index (χ0v) is 26.1. The lowest BCUT2D eigenvalue weighted by Crippen LogP contribution is -2.33. The highest BCUT2D eigenvalue weighted by Gasteiger charge is 2.20. The van der Waals surface area contributed by atoms with E-state index in [2.05, 4.69) is 71.9 Å². The first-order chi connectivity index (χ1) is 19.4. The quantitative estimate of drug-likeness (QED) is 0.0783. The van der Waals surface area contributed by atoms with Gasteiger partial charge in [0.15, 0.2) is 23.7 Å². The number of Topliss-reactive ketones (excluding diaryl/α,β-unsaturated/α-hetero) is 1. The van der Waals surface area contributed by atoms with Crippen LogP contribution in [0.4, 0.5) is 11.4 Å². The van der Waals surface area contributed by atoms with Crippen molar-refractivity contribution in [2.24, 2.45) is 10.2 Å². The Hall–Kier alpha value is -4.08. The molecule has 204 valence electrons. The number of ketones is 1. The third-order valence-corrected chi connectivity index (χ3v) is 9.22. The van der Waals surface area contributed by atoms with Crippen molar-refractivity contribution in [1.29, 1.82) is 0 Å². The maximum atomic E-state index is 13.5. The van der Waals surface area contributed by atoms with Crippen LogP contribution in [-0.2, 0) is 0 Å². The first kappa shape index (κ1) is 28.9. The summed E-state index contributed by atoms with van der Waals surface area (Å²) in [5, 5.41) is 10.5. The van der Waals surface area contributed by atoms with E-state index in [0.717, 1.165) is 28.4 Å². The molecule has 0 saturated carbocycles. The van der Waals surface area contributed by atoms with Crippen molar-refractivity contribution < 1.29 is 4.79 Å². The molecule has 5 nitrogen and oxygen atoms in total. The second kappa shape index (κ2) is 14.3. The lowest BCUT2D eigenvalue weighted by Gasteiger charge is -2.26. The van der Waals surface area contributed by atoms with Crippen molar-refractivity contribution in [3.8, 4) is 0 Å². The molecule has 0 aliphatic rings. The van der Waals surface area contributed by atoms with Crippen LogP contribution < -0.4 is 9.35 Å². The average molecular weight is 563 g/mol. The van der Waals surface area contributed by atoms with Gasteiger partial charge in [0.2, 0.25) is 0 Å². The zero-order chi connectivity index (χ0) is 28.3. The molecule has 4 aromatic rings. The Morgan fingerprint density at radius 1 is 0.550 bits per heavy atom. The van der Waals surface area contributed by atoms with E-state index in [-0.39, 0.29) is 12.2 Å². The monoisotopic (exact) mass is 562 g/mol. The molecule has 0 radical (unpaired) electrons. The van der Waals surface area contributed by atoms with E-state index in [1.54, 1.807) is 0 Å². The number of benzene rings is 4. The molecule has 40 heavy (non-hydrogen) atoms. The summed E-state index contributed by atoms with van der Waals surface area (Å²) in [5.41, 5.74) is 5.57. The fraction of sp³-hybridized carbons (Fsp3) is 0.182. The standard InChI is InChI=1S/C33H38N4OSi2/c1-39(2)36(30-21-13-7-14-22-30)34-29(26-33(38)28-19-11-6-12-20-28)25-32(27-17-9-5-10-18-27)35-37(40(3)4)31-23-15-8-16-24-31/h5-24,39-40H,25-26H2,1-4H3. The second-order valence-electron chi connectivity index (χ2n) is 10.3. The maximum Gasteiger partial charge on any atom is 0.168 e. The number of hydrogen-bond acceptors (Lipinski definition) is 5. The minimum Gasteiger partial charge on any atom is -0.299 e. The predicted molar refractivity (Wildman–Crippen MR) is 176 cm³/mol. The topological polar surface area (TPSA) is 48.3 Å². The Kier molecular flexibility index (Phi) is 10.4. The Labute approximate surface area is 241 Å². The van der Waals surface area contributed by atoms with Gasteiger partial charge in [-0.2, -0.15) is 10.2 Å². The molecule has 0 unspecified atom stereocenters. The molecule has 0 spiro atoms. The van der Waals surface area contributed by atoms with E-state index in [0.29, 0.717) is 12.0 Å². The first-order valence-corrected chi connectivity index (χ1v) is 19.5. The van der Waals surface area contributed by atoms with Crippen molar-refractivity contribution in [2.75, 3.05) is 9.35 Å². The highest BCUT2D eigenvalue weighted by Crippen LogP contribution is 2.21. The molecular weight excluding hydrogens is 525 g/mol. The number of carbonyl (C=O) groups is 1. The molecule has 4 aromatic carbocycles. The van der Waals surface area contributed by atoms with E-state index in [9.17, 15) is 4.79 Å². The molecule has 7 heteroatoms. The normalized spacial score (nSPS) is 12.1. The van der Waals surface area contributed by atoms with Gasteiger partial charge in [0.1, 0.15) is 0 Å². The molecule has 0 atom stereocenters. The summed E-state index contributed by atoms with van der Waals surface area (Å²) in [6, 6.07) is 40.3. The summed E-state index contributed by atoms with van der Waals surface area (Å²) in [6.45, 7) is 9.05. The minimum atomic E-state index is -1.41. The fourth-order valence-electron chi connectivity index (χ4n) is 4.45. The molecular formula is C33H38N4OSi2. The van der Waals surface area contributed by atoms with Gasteiger partial charge in [-0.1, -0.05) is 123 Å². The summed E-state index contributed by atoms with van der Waals surface area (Å²) < 4.78 is 4.33. The highest BCUT2D eigenvalue weighted by atomic mass is 28.3. The van der Waals surface area contributed by atoms with Crippen molar-refractivity contribution in [3.05, 3.63) is 132 Å². The lowest BCUT2D eigenvalue weighted by atomic mass is 9.99. The summed E-state index contributed by atoms with van der Waals surface area (Å²) >= 11 is 0. The van der Waals surface area contributed by atoms with E-state index < -0.39 is 17.9 Å². The van der Waals surface area contributed by atoms with Crippen molar-refractivity contribution in [1.82, 2.24) is 0 Å². The van der Waals surface area contributed by atoms with Crippen LogP contribution in [-0.4, -0.2) is 35.1 Å². The van der Waals surface area contributed by atoms with Crippen LogP contribution in [0.3, 0.4) is 0 Å². The number of carbonyl (C=O) groups excluding carboxylic acids is 1. The number of hydrogen-bond donors (Lipinski definition) is 0. The van der Waals surface area contributed by atoms with E-state index in [1.165, 1.54) is 0 Å². The predicted octanol–water partition coefficient (Wildman–Crippen LogP) is 7.39. The lowest BCUT2D eigenvalue weighted by molar-refractivity contribution is 0.100. The molecule has 0 heterocycles. The molecule has 0 aliphatic heterocycles.